The first kappa shape index (κ1) is 15.9. The normalized spacial score (nSPS) is 18.0. The second kappa shape index (κ2) is 6.13. The van der Waals surface area contributed by atoms with E-state index in [2.05, 4.69) is 22.5 Å². The zero-order valence-electron chi connectivity index (χ0n) is 13.1. The minimum atomic E-state index is -0.489. The molecule has 2 rings (SSSR count). The van der Waals surface area contributed by atoms with E-state index in [1.165, 1.54) is 4.88 Å². The number of rotatable bonds is 3. The number of carbonyl (C=O) groups excluding carboxylic acids is 2. The molecule has 2 amide bonds. The maximum Gasteiger partial charge on any atom is 0.245 e. The molecular formula is C15H23N3O2S. The van der Waals surface area contributed by atoms with Crippen LogP contribution >= 0.6 is 11.3 Å². The maximum atomic E-state index is 11.9. The lowest BCUT2D eigenvalue weighted by Gasteiger charge is -2.17. The van der Waals surface area contributed by atoms with E-state index in [1.807, 2.05) is 20.8 Å². The average Bonchev–Trinajstić information content (AvgIpc) is 2.75. The largest absolute Gasteiger partial charge is 0.347 e. The third-order valence-corrected chi connectivity index (χ3v) is 4.56. The van der Waals surface area contributed by atoms with E-state index in [9.17, 15) is 9.59 Å². The quantitative estimate of drug-likeness (QED) is 0.900. The van der Waals surface area contributed by atoms with Gasteiger partial charge in [-0.05, 0) is 25.2 Å². The zero-order chi connectivity index (χ0) is 15.6. The van der Waals surface area contributed by atoms with Gasteiger partial charge in [-0.25, -0.2) is 4.98 Å². The molecule has 0 aromatic carbocycles. The van der Waals surface area contributed by atoms with Gasteiger partial charge in [0.05, 0.1) is 12.2 Å². The number of nitrogens with zero attached hydrogens (tertiary/aromatic N) is 1. The standard InChI is InChI=1S/C15H23N3O2S/c1-9-5-6-10-11(7-9)21-14(17-10)18-12(19)8-16-13(20)15(2,3)4/h9H,5-8H2,1-4H3,(H,16,20)(H,17,18,19). The van der Waals surface area contributed by atoms with E-state index >= 15 is 0 Å². The number of nitrogens with one attached hydrogen (secondary N) is 2. The number of aromatic nitrogens is 1. The fourth-order valence-electron chi connectivity index (χ4n) is 2.18. The fraction of sp³-hybridized carbons (Fsp3) is 0.667. The molecule has 1 heterocycles. The SMILES string of the molecule is CC1CCc2nc(NC(=O)CNC(=O)C(C)(C)C)sc2C1. The lowest BCUT2D eigenvalue weighted by molar-refractivity contribution is -0.130. The van der Waals surface area contributed by atoms with E-state index < -0.39 is 5.41 Å². The molecule has 0 spiro atoms. The lowest BCUT2D eigenvalue weighted by atomic mass is 9.93. The molecule has 0 fully saturated rings. The van der Waals surface area contributed by atoms with Crippen molar-refractivity contribution in [2.75, 3.05) is 11.9 Å². The van der Waals surface area contributed by atoms with E-state index in [4.69, 9.17) is 0 Å². The number of hydrogen-bond acceptors (Lipinski definition) is 4. The van der Waals surface area contributed by atoms with Gasteiger partial charge in [0, 0.05) is 10.3 Å². The number of thiazole rings is 1. The smallest absolute Gasteiger partial charge is 0.245 e. The van der Waals surface area contributed by atoms with Crippen LogP contribution < -0.4 is 10.6 Å². The van der Waals surface area contributed by atoms with Crippen molar-refractivity contribution in [3.05, 3.63) is 10.6 Å². The third kappa shape index (κ3) is 4.27. The topological polar surface area (TPSA) is 71.1 Å². The lowest BCUT2D eigenvalue weighted by Crippen LogP contribution is -2.39. The summed E-state index contributed by atoms with van der Waals surface area (Å²) in [4.78, 5) is 29.3. The van der Waals surface area contributed by atoms with E-state index in [0.29, 0.717) is 11.0 Å². The Balaban J connectivity index is 1.88. The summed E-state index contributed by atoms with van der Waals surface area (Å²) < 4.78 is 0. The Kier molecular flexibility index (Phi) is 4.66. The Morgan fingerprint density at radius 1 is 1.38 bits per heavy atom. The van der Waals surface area contributed by atoms with Crippen LogP contribution in [0.2, 0.25) is 0 Å². The third-order valence-electron chi connectivity index (χ3n) is 3.52. The first-order chi connectivity index (χ1) is 9.75. The number of carbonyl (C=O) groups is 2. The molecule has 1 unspecified atom stereocenters. The Labute approximate surface area is 129 Å². The van der Waals surface area contributed by atoms with E-state index in [0.717, 1.165) is 25.0 Å². The molecule has 0 saturated carbocycles. The van der Waals surface area contributed by atoms with Crippen molar-refractivity contribution in [1.29, 1.82) is 0 Å². The van der Waals surface area contributed by atoms with Gasteiger partial charge in [-0.3, -0.25) is 9.59 Å². The van der Waals surface area contributed by atoms with Crippen molar-refractivity contribution in [2.24, 2.45) is 11.3 Å². The number of aryl methyl sites for hydroxylation is 1. The molecule has 1 atom stereocenters. The molecule has 0 saturated heterocycles. The van der Waals surface area contributed by atoms with Gasteiger partial charge in [0.1, 0.15) is 0 Å². The zero-order valence-corrected chi connectivity index (χ0v) is 13.9. The Bertz CT molecular complexity index is 546. The predicted molar refractivity (Wildman–Crippen MR) is 84.4 cm³/mol. The summed E-state index contributed by atoms with van der Waals surface area (Å²) in [6, 6.07) is 0. The molecule has 2 N–H and O–H groups in total. The summed E-state index contributed by atoms with van der Waals surface area (Å²) in [6.07, 6.45) is 3.19. The Morgan fingerprint density at radius 3 is 2.76 bits per heavy atom. The Hall–Kier alpha value is -1.43. The second-order valence-electron chi connectivity index (χ2n) is 6.72. The van der Waals surface area contributed by atoms with Crippen LogP contribution in [-0.4, -0.2) is 23.3 Å². The Morgan fingerprint density at radius 2 is 2.10 bits per heavy atom. The summed E-state index contributed by atoms with van der Waals surface area (Å²) >= 11 is 1.55. The molecule has 1 aliphatic carbocycles. The highest BCUT2D eigenvalue weighted by Gasteiger charge is 2.22. The first-order valence-corrected chi connectivity index (χ1v) is 8.14. The highest BCUT2D eigenvalue weighted by Crippen LogP contribution is 2.31. The molecule has 0 aliphatic heterocycles. The van der Waals surface area contributed by atoms with Crippen LogP contribution in [0.15, 0.2) is 0 Å². The minimum absolute atomic E-state index is 0.0171. The van der Waals surface area contributed by atoms with Crippen molar-refractivity contribution < 1.29 is 9.59 Å². The maximum absolute atomic E-state index is 11.9. The molecule has 0 bridgehead atoms. The molecule has 0 radical (unpaired) electrons. The highest BCUT2D eigenvalue weighted by molar-refractivity contribution is 7.15. The van der Waals surface area contributed by atoms with Gasteiger partial charge in [-0.2, -0.15) is 0 Å². The molecule has 5 nitrogen and oxygen atoms in total. The van der Waals surface area contributed by atoms with Crippen molar-refractivity contribution in [3.8, 4) is 0 Å². The minimum Gasteiger partial charge on any atom is -0.347 e. The fourth-order valence-corrected chi connectivity index (χ4v) is 3.37. The summed E-state index contributed by atoms with van der Waals surface area (Å²) in [5, 5.41) is 6.05. The number of hydrogen-bond donors (Lipinski definition) is 2. The molecule has 6 heteroatoms. The van der Waals surface area contributed by atoms with Crippen molar-refractivity contribution in [1.82, 2.24) is 10.3 Å². The van der Waals surface area contributed by atoms with Gasteiger partial charge in [0.15, 0.2) is 5.13 Å². The van der Waals surface area contributed by atoms with Gasteiger partial charge in [0.2, 0.25) is 11.8 Å². The van der Waals surface area contributed by atoms with E-state index in [-0.39, 0.29) is 18.4 Å². The van der Waals surface area contributed by atoms with Gasteiger partial charge < -0.3 is 10.6 Å². The van der Waals surface area contributed by atoms with Crippen LogP contribution in [0.1, 0.15) is 44.7 Å². The number of anilines is 1. The van der Waals surface area contributed by atoms with Crippen molar-refractivity contribution >= 4 is 28.3 Å². The summed E-state index contributed by atoms with van der Waals surface area (Å²) in [6.45, 7) is 7.67. The summed E-state index contributed by atoms with van der Waals surface area (Å²) in [5.41, 5.74) is 0.628. The van der Waals surface area contributed by atoms with Gasteiger partial charge in [-0.1, -0.05) is 27.7 Å². The highest BCUT2D eigenvalue weighted by atomic mass is 32.1. The van der Waals surface area contributed by atoms with Crippen LogP contribution in [0.3, 0.4) is 0 Å². The first-order valence-electron chi connectivity index (χ1n) is 7.32. The monoisotopic (exact) mass is 309 g/mol. The molecule has 1 aromatic heterocycles. The summed E-state index contributed by atoms with van der Waals surface area (Å²) in [7, 11) is 0. The van der Waals surface area contributed by atoms with Crippen LogP contribution in [-0.2, 0) is 22.4 Å². The molecular weight excluding hydrogens is 286 g/mol. The van der Waals surface area contributed by atoms with Crippen LogP contribution in [0.5, 0.6) is 0 Å². The van der Waals surface area contributed by atoms with Crippen LogP contribution in [0.25, 0.3) is 0 Å². The van der Waals surface area contributed by atoms with Crippen molar-refractivity contribution in [3.63, 3.8) is 0 Å². The van der Waals surface area contributed by atoms with Gasteiger partial charge in [0.25, 0.3) is 0 Å². The second-order valence-corrected chi connectivity index (χ2v) is 7.80. The average molecular weight is 309 g/mol. The molecule has 21 heavy (non-hydrogen) atoms. The van der Waals surface area contributed by atoms with Gasteiger partial charge in [-0.15, -0.1) is 11.3 Å². The van der Waals surface area contributed by atoms with Crippen molar-refractivity contribution in [2.45, 2.75) is 47.0 Å². The van der Waals surface area contributed by atoms with Crippen LogP contribution in [0.4, 0.5) is 5.13 Å². The molecule has 1 aliphatic rings. The van der Waals surface area contributed by atoms with Crippen LogP contribution in [0, 0.1) is 11.3 Å². The number of amides is 2. The molecule has 116 valence electrons. The predicted octanol–water partition coefficient (Wildman–Crippen LogP) is 2.37. The molecule has 1 aromatic rings. The van der Waals surface area contributed by atoms with E-state index in [1.54, 1.807) is 11.3 Å². The number of fused-ring (bicyclic) bond motifs is 1. The van der Waals surface area contributed by atoms with Gasteiger partial charge >= 0.3 is 0 Å². The summed E-state index contributed by atoms with van der Waals surface area (Å²) in [5.74, 6) is 0.323.